The van der Waals surface area contributed by atoms with Crippen LogP contribution in [0.5, 0.6) is 0 Å². The molecule has 0 saturated heterocycles. The summed E-state index contributed by atoms with van der Waals surface area (Å²) in [6.45, 7) is 18.8. The van der Waals surface area contributed by atoms with E-state index in [-0.39, 0.29) is 0 Å². The van der Waals surface area contributed by atoms with Gasteiger partial charge in [0.15, 0.2) is 0 Å². The van der Waals surface area contributed by atoms with E-state index in [1.54, 1.807) is 0 Å². The van der Waals surface area contributed by atoms with E-state index in [0.717, 1.165) is 0 Å². The van der Waals surface area contributed by atoms with Crippen LogP contribution in [0.25, 0.3) is 0 Å². The Hall–Kier alpha value is -0.460. The summed E-state index contributed by atoms with van der Waals surface area (Å²) in [5.41, 5.74) is 0. The van der Waals surface area contributed by atoms with E-state index in [0.29, 0.717) is 12.2 Å². The van der Waals surface area contributed by atoms with Gasteiger partial charge in [0.05, 0.1) is 61.2 Å². The molecule has 0 radical (unpaired) electrons. The maximum Gasteiger partial charge on any atom is 0.0643 e. The lowest BCUT2D eigenvalue weighted by Gasteiger charge is -2.20. The normalized spacial score (nSPS) is 11.2. The fourth-order valence-corrected chi connectivity index (χ4v) is 8.19. The lowest BCUT2D eigenvalue weighted by Crippen LogP contribution is -2.23. The number of carboxylic acid groups (broad SMARTS) is 2. The summed E-state index contributed by atoms with van der Waals surface area (Å²) >= 11 is 0. The first-order chi connectivity index (χ1) is 12.1. The Bertz CT molecular complexity index is 316. The van der Waals surface area contributed by atoms with Gasteiger partial charge in [-0.3, -0.25) is 0 Å². The second kappa shape index (κ2) is 17.9. The summed E-state index contributed by atoms with van der Waals surface area (Å²) in [6.07, 6.45) is 12.4. The number of carbonyl (C=O) groups excluding carboxylic acids is 2. The predicted molar refractivity (Wildman–Crippen MR) is 117 cm³/mol. The summed E-state index contributed by atoms with van der Waals surface area (Å²) < 4.78 is 0. The molecule has 0 bridgehead atoms. The molecule has 0 aromatic heterocycles. The molecular weight excluding hydrogens is 366 g/mol. The molecule has 0 heterocycles. The number of carboxylic acids is 2. The molecule has 0 aliphatic heterocycles. The number of aliphatic carboxylic acids is 2. The van der Waals surface area contributed by atoms with Crippen molar-refractivity contribution in [2.75, 3.05) is 49.3 Å². The molecule has 0 aromatic carbocycles. The Kier molecular flexibility index (Phi) is 20.9. The Morgan fingerprint density at radius 2 is 0.692 bits per heavy atom. The lowest BCUT2D eigenvalue weighted by molar-refractivity contribution is -0.301. The summed E-state index contributed by atoms with van der Waals surface area (Å²) in [5, 5.41) is 18.8. The van der Waals surface area contributed by atoms with Crippen molar-refractivity contribution in [3.8, 4) is 0 Å². The van der Waals surface area contributed by atoms with Gasteiger partial charge in [-0.25, -0.2) is 0 Å². The first-order valence-corrected chi connectivity index (χ1v) is 15.0. The molecule has 0 fully saturated rings. The number of rotatable bonds is 10. The van der Waals surface area contributed by atoms with Gasteiger partial charge in [-0.05, 0) is 67.5 Å². The highest BCUT2D eigenvalue weighted by atomic mass is 31.2. The van der Waals surface area contributed by atoms with E-state index >= 15 is 0 Å². The average molecular weight is 409 g/mol. The van der Waals surface area contributed by atoms with Gasteiger partial charge in [-0.1, -0.05) is 0 Å². The lowest BCUT2D eigenvalue weighted by atomic mass is 10.5. The molecule has 0 rings (SSSR count). The van der Waals surface area contributed by atoms with Crippen molar-refractivity contribution in [2.24, 2.45) is 0 Å². The Morgan fingerprint density at radius 3 is 0.731 bits per heavy atom. The van der Waals surface area contributed by atoms with Crippen LogP contribution in [-0.4, -0.2) is 61.2 Å². The molecule has 0 aliphatic carbocycles. The quantitative estimate of drug-likeness (QED) is 0.411. The summed E-state index contributed by atoms with van der Waals surface area (Å²) in [5.74, 6) is -3.09. The van der Waals surface area contributed by atoms with Crippen LogP contribution in [0.3, 0.4) is 0 Å². The molecule has 156 valence electrons. The van der Waals surface area contributed by atoms with Crippen LogP contribution in [0.4, 0.5) is 0 Å². The molecular formula is C20H42O4P2. The zero-order chi connectivity index (χ0) is 21.2. The van der Waals surface area contributed by atoms with Crippen molar-refractivity contribution in [1.29, 1.82) is 0 Å². The van der Waals surface area contributed by atoms with Crippen LogP contribution >= 0.6 is 14.5 Å². The van der Waals surface area contributed by atoms with Crippen molar-refractivity contribution in [3.05, 3.63) is 12.2 Å². The van der Waals surface area contributed by atoms with Gasteiger partial charge >= 0.3 is 0 Å². The largest absolute Gasteiger partial charge is 0.545 e. The topological polar surface area (TPSA) is 80.3 Å². The SMILES string of the molecule is CC[P+](CC)(CC)CC.CC[P+](CC)(CC)CC.O=C([O-])/C=C\C(=O)[O-]. The Morgan fingerprint density at radius 1 is 0.538 bits per heavy atom. The molecule has 0 spiro atoms. The first kappa shape index (κ1) is 30.3. The number of hydrogen-bond acceptors (Lipinski definition) is 4. The average Bonchev–Trinajstić information content (AvgIpc) is 2.66. The highest BCUT2D eigenvalue weighted by Crippen LogP contribution is 2.57. The van der Waals surface area contributed by atoms with Crippen molar-refractivity contribution >= 4 is 26.5 Å². The number of hydrogen-bond donors (Lipinski definition) is 0. The maximum atomic E-state index is 9.41. The van der Waals surface area contributed by atoms with Gasteiger partial charge in [0, 0.05) is 14.5 Å². The summed E-state index contributed by atoms with van der Waals surface area (Å²) in [7, 11) is -0.840. The van der Waals surface area contributed by atoms with Crippen molar-refractivity contribution in [1.82, 2.24) is 0 Å². The molecule has 0 aliphatic rings. The third kappa shape index (κ3) is 14.7. The van der Waals surface area contributed by atoms with Gasteiger partial charge in [0.2, 0.25) is 0 Å². The number of carbonyl (C=O) groups is 2. The predicted octanol–water partition coefficient (Wildman–Crippen LogP) is 3.21. The van der Waals surface area contributed by atoms with Crippen molar-refractivity contribution < 1.29 is 19.8 Å². The van der Waals surface area contributed by atoms with Crippen molar-refractivity contribution in [2.45, 2.75) is 55.4 Å². The molecule has 0 saturated carbocycles. The minimum Gasteiger partial charge on any atom is -0.545 e. The van der Waals surface area contributed by atoms with Crippen molar-refractivity contribution in [3.63, 3.8) is 0 Å². The summed E-state index contributed by atoms with van der Waals surface area (Å²) in [6, 6.07) is 0. The van der Waals surface area contributed by atoms with Crippen LogP contribution in [0.1, 0.15) is 55.4 Å². The van der Waals surface area contributed by atoms with E-state index in [1.165, 1.54) is 49.3 Å². The molecule has 0 unspecified atom stereocenters. The third-order valence-corrected chi connectivity index (χ3v) is 16.5. The Balaban J connectivity index is -0.000000306. The molecule has 0 atom stereocenters. The van der Waals surface area contributed by atoms with Gasteiger partial charge in [0.1, 0.15) is 0 Å². The third-order valence-electron chi connectivity index (χ3n) is 5.72. The summed E-state index contributed by atoms with van der Waals surface area (Å²) in [4.78, 5) is 18.8. The minimum absolute atomic E-state index is 0.384. The smallest absolute Gasteiger partial charge is 0.0643 e. The Labute approximate surface area is 163 Å². The fraction of sp³-hybridized carbons (Fsp3) is 0.800. The zero-order valence-corrected chi connectivity index (χ0v) is 20.1. The standard InChI is InChI=1S/2C8H20P.C4H4O4/c2*1-5-9(6-2,7-3)8-4;5-3(6)1-2-4(7)8/h2*5-8H2,1-4H3;1-2H,(H,5,6)(H,7,8)/q2*+1;/p-2/b;;2-1-. The van der Waals surface area contributed by atoms with E-state index in [9.17, 15) is 19.8 Å². The fourth-order valence-electron chi connectivity index (χ4n) is 2.82. The van der Waals surface area contributed by atoms with Gasteiger partial charge in [-0.15, -0.1) is 0 Å². The van der Waals surface area contributed by atoms with E-state index < -0.39 is 26.5 Å². The van der Waals surface area contributed by atoms with Crippen LogP contribution in [0.2, 0.25) is 0 Å². The van der Waals surface area contributed by atoms with Gasteiger partial charge < -0.3 is 19.8 Å². The van der Waals surface area contributed by atoms with Crippen LogP contribution in [0.15, 0.2) is 12.2 Å². The maximum absolute atomic E-state index is 9.41. The molecule has 6 heteroatoms. The molecule has 0 amide bonds. The van der Waals surface area contributed by atoms with Crippen LogP contribution in [0, 0.1) is 0 Å². The monoisotopic (exact) mass is 408 g/mol. The molecule has 26 heavy (non-hydrogen) atoms. The highest BCUT2D eigenvalue weighted by Gasteiger charge is 2.28. The molecule has 0 aromatic rings. The second-order valence-electron chi connectivity index (χ2n) is 6.18. The van der Waals surface area contributed by atoms with Crippen LogP contribution in [-0.2, 0) is 9.59 Å². The van der Waals surface area contributed by atoms with E-state index in [1.807, 2.05) is 0 Å². The molecule has 0 N–H and O–H groups in total. The van der Waals surface area contributed by atoms with E-state index in [4.69, 9.17) is 0 Å². The van der Waals surface area contributed by atoms with Gasteiger partial charge in [-0.2, -0.15) is 0 Å². The minimum atomic E-state index is -1.55. The van der Waals surface area contributed by atoms with Gasteiger partial charge in [0.25, 0.3) is 0 Å². The first-order valence-electron chi connectivity index (χ1n) is 9.91. The van der Waals surface area contributed by atoms with Crippen LogP contribution < -0.4 is 10.2 Å². The second-order valence-corrected chi connectivity index (χ2v) is 16.6. The highest BCUT2D eigenvalue weighted by molar-refractivity contribution is 7.76. The molecule has 4 nitrogen and oxygen atoms in total. The van der Waals surface area contributed by atoms with E-state index in [2.05, 4.69) is 55.4 Å². The zero-order valence-electron chi connectivity index (χ0n) is 18.3.